The zero-order chi connectivity index (χ0) is 20.7. The molecule has 0 aliphatic heterocycles. The smallest absolute Gasteiger partial charge is 0.387 e. The largest absolute Gasteiger partial charge is 0.493 e. The van der Waals surface area contributed by atoms with E-state index in [0.717, 1.165) is 6.08 Å². The second-order valence-corrected chi connectivity index (χ2v) is 5.32. The predicted octanol–water partition coefficient (Wildman–Crippen LogP) is 3.07. The molecule has 1 N–H and O–H groups in total. The summed E-state index contributed by atoms with van der Waals surface area (Å²) in [5, 5.41) is 31.1. The van der Waals surface area contributed by atoms with Crippen LogP contribution in [0.2, 0.25) is 0 Å². The summed E-state index contributed by atoms with van der Waals surface area (Å²) in [5.74, 6) is -1.56. The van der Waals surface area contributed by atoms with Crippen LogP contribution in [0, 0.1) is 22.7 Å². The fourth-order valence-corrected chi connectivity index (χ4v) is 2.35. The fourth-order valence-electron chi connectivity index (χ4n) is 2.35. The number of carbonyl (C=O) groups is 1. The number of hydrogen-bond donors (Lipinski definition) is 1. The number of carboxylic acids is 1. The topological polar surface area (TPSA) is 121 Å². The van der Waals surface area contributed by atoms with Crippen LogP contribution in [0.5, 0.6) is 11.5 Å². The minimum Gasteiger partial charge on any atom is -0.493 e. The average molecular weight is 388 g/mol. The van der Waals surface area contributed by atoms with Crippen molar-refractivity contribution in [2.24, 2.45) is 0 Å². The summed E-state index contributed by atoms with van der Waals surface area (Å²) in [6.45, 7) is -2.78. The summed E-state index contributed by atoms with van der Waals surface area (Å²) in [6.07, 6.45) is 2.80. The maximum Gasteiger partial charge on any atom is 0.387 e. The average Bonchev–Trinajstić information content (AvgIpc) is 3.06. The number of hydrogen-bond acceptors (Lipinski definition) is 6. The molecule has 2 aromatic rings. The summed E-state index contributed by atoms with van der Waals surface area (Å²) < 4.78 is 35.8. The molecule has 10 heteroatoms. The van der Waals surface area contributed by atoms with Crippen molar-refractivity contribution in [2.75, 3.05) is 7.11 Å². The van der Waals surface area contributed by atoms with Gasteiger partial charge in [-0.15, -0.1) is 0 Å². The van der Waals surface area contributed by atoms with Crippen LogP contribution in [0.15, 0.2) is 30.0 Å². The van der Waals surface area contributed by atoms with Gasteiger partial charge in [0, 0.05) is 17.3 Å². The standard InChI is InChI=1S/C18H14F2N4O4/c1-27-15-8-11(3-4-14(15)28-18(19)20)16-13(7-12(9-22)17(25)26)10-24(23-16)6-2-5-21/h3-4,7-8,10,18H,2,6H2,1H3,(H,25,26). The van der Waals surface area contributed by atoms with E-state index in [4.69, 9.17) is 20.4 Å². The zero-order valence-electron chi connectivity index (χ0n) is 14.6. The lowest BCUT2D eigenvalue weighted by atomic mass is 10.1. The molecule has 1 heterocycles. The van der Waals surface area contributed by atoms with Gasteiger partial charge in [0.25, 0.3) is 0 Å². The van der Waals surface area contributed by atoms with E-state index in [2.05, 4.69) is 9.84 Å². The Balaban J connectivity index is 2.57. The van der Waals surface area contributed by atoms with E-state index < -0.39 is 18.2 Å². The van der Waals surface area contributed by atoms with Crippen molar-refractivity contribution in [3.8, 4) is 34.9 Å². The van der Waals surface area contributed by atoms with E-state index in [-0.39, 0.29) is 30.2 Å². The van der Waals surface area contributed by atoms with E-state index in [0.29, 0.717) is 11.1 Å². The number of benzene rings is 1. The third-order valence-corrected chi connectivity index (χ3v) is 3.55. The number of halogens is 2. The quantitative estimate of drug-likeness (QED) is 0.545. The highest BCUT2D eigenvalue weighted by Gasteiger charge is 2.17. The number of aryl methyl sites for hydroxylation is 1. The van der Waals surface area contributed by atoms with Gasteiger partial charge in [0.2, 0.25) is 0 Å². The second-order valence-electron chi connectivity index (χ2n) is 5.32. The summed E-state index contributed by atoms with van der Waals surface area (Å²) >= 11 is 0. The third kappa shape index (κ3) is 4.83. The molecule has 0 aliphatic carbocycles. The second kappa shape index (κ2) is 9.14. The summed E-state index contributed by atoms with van der Waals surface area (Å²) in [5.41, 5.74) is 0.504. The molecule has 0 unspecified atom stereocenters. The van der Waals surface area contributed by atoms with Crippen molar-refractivity contribution in [2.45, 2.75) is 19.6 Å². The van der Waals surface area contributed by atoms with Crippen molar-refractivity contribution in [1.29, 1.82) is 10.5 Å². The Morgan fingerprint density at radius 1 is 1.39 bits per heavy atom. The number of rotatable bonds is 8. The van der Waals surface area contributed by atoms with Crippen molar-refractivity contribution in [1.82, 2.24) is 9.78 Å². The van der Waals surface area contributed by atoms with Crippen LogP contribution in [0.4, 0.5) is 8.78 Å². The first kappa shape index (κ1) is 20.4. The molecule has 1 aromatic heterocycles. The summed E-state index contributed by atoms with van der Waals surface area (Å²) in [6, 6.07) is 7.66. The number of nitrogens with zero attached hydrogens (tertiary/aromatic N) is 4. The summed E-state index contributed by atoms with van der Waals surface area (Å²) in [7, 11) is 1.28. The van der Waals surface area contributed by atoms with Gasteiger partial charge in [-0.3, -0.25) is 4.68 Å². The van der Waals surface area contributed by atoms with Gasteiger partial charge in [0.1, 0.15) is 11.6 Å². The molecule has 0 fully saturated rings. The molecule has 1 aromatic carbocycles. The first-order valence-electron chi connectivity index (χ1n) is 7.82. The Morgan fingerprint density at radius 2 is 2.14 bits per heavy atom. The molecular weight excluding hydrogens is 374 g/mol. The van der Waals surface area contributed by atoms with Crippen LogP contribution >= 0.6 is 0 Å². The first-order chi connectivity index (χ1) is 13.4. The number of aliphatic carboxylic acids is 1. The Bertz CT molecular complexity index is 986. The van der Waals surface area contributed by atoms with E-state index in [1.807, 2.05) is 6.07 Å². The fraction of sp³-hybridized carbons (Fsp3) is 0.222. The molecule has 0 bridgehead atoms. The number of alkyl halides is 2. The highest BCUT2D eigenvalue weighted by atomic mass is 19.3. The molecule has 8 nitrogen and oxygen atoms in total. The molecule has 0 saturated carbocycles. The minimum atomic E-state index is -3.03. The number of methoxy groups -OCH3 is 1. The molecule has 0 amide bonds. The van der Waals surface area contributed by atoms with E-state index >= 15 is 0 Å². The molecule has 0 spiro atoms. The van der Waals surface area contributed by atoms with Crippen molar-refractivity contribution in [3.63, 3.8) is 0 Å². The lowest BCUT2D eigenvalue weighted by Gasteiger charge is -2.11. The van der Waals surface area contributed by atoms with Crippen molar-refractivity contribution >= 4 is 12.0 Å². The van der Waals surface area contributed by atoms with E-state index in [1.165, 1.54) is 36.2 Å². The van der Waals surface area contributed by atoms with Gasteiger partial charge in [0.05, 0.1) is 31.8 Å². The van der Waals surface area contributed by atoms with Crippen LogP contribution in [0.25, 0.3) is 17.3 Å². The van der Waals surface area contributed by atoms with Crippen LogP contribution in [0.3, 0.4) is 0 Å². The lowest BCUT2D eigenvalue weighted by molar-refractivity contribution is -0.132. The van der Waals surface area contributed by atoms with Gasteiger partial charge in [-0.2, -0.15) is 24.4 Å². The number of carboxylic acid groups (broad SMARTS) is 1. The highest BCUT2D eigenvalue weighted by Crippen LogP contribution is 2.34. The molecule has 28 heavy (non-hydrogen) atoms. The molecule has 0 radical (unpaired) electrons. The molecule has 0 saturated heterocycles. The molecule has 0 aliphatic rings. The third-order valence-electron chi connectivity index (χ3n) is 3.55. The molecule has 144 valence electrons. The number of nitriles is 2. The molecular formula is C18H14F2N4O4. The van der Waals surface area contributed by atoms with Crippen LogP contribution in [0.1, 0.15) is 12.0 Å². The Kier molecular flexibility index (Phi) is 6.66. The monoisotopic (exact) mass is 388 g/mol. The predicted molar refractivity (Wildman–Crippen MR) is 92.3 cm³/mol. The Morgan fingerprint density at radius 3 is 2.71 bits per heavy atom. The van der Waals surface area contributed by atoms with Crippen molar-refractivity contribution < 1.29 is 28.2 Å². The minimum absolute atomic E-state index is 0.0260. The number of aromatic nitrogens is 2. The van der Waals surface area contributed by atoms with E-state index in [9.17, 15) is 13.6 Å². The van der Waals surface area contributed by atoms with Crippen molar-refractivity contribution in [3.05, 3.63) is 35.5 Å². The lowest BCUT2D eigenvalue weighted by Crippen LogP contribution is -2.03. The normalized spacial score (nSPS) is 11.0. The Labute approximate surface area is 158 Å². The van der Waals surface area contributed by atoms with Gasteiger partial charge in [-0.05, 0) is 24.3 Å². The molecule has 0 atom stereocenters. The van der Waals surface area contributed by atoms with Gasteiger partial charge >= 0.3 is 12.6 Å². The summed E-state index contributed by atoms with van der Waals surface area (Å²) in [4.78, 5) is 11.1. The Hall–Kier alpha value is -3.92. The zero-order valence-corrected chi connectivity index (χ0v) is 14.6. The van der Waals surface area contributed by atoms with Gasteiger partial charge in [-0.1, -0.05) is 0 Å². The van der Waals surface area contributed by atoms with Gasteiger partial charge in [-0.25, -0.2) is 4.79 Å². The van der Waals surface area contributed by atoms with Gasteiger partial charge < -0.3 is 14.6 Å². The SMILES string of the molecule is COc1cc(-c2nn(CCC#N)cc2C=C(C#N)C(=O)O)ccc1OC(F)F. The highest BCUT2D eigenvalue weighted by molar-refractivity contribution is 5.97. The van der Waals surface area contributed by atoms with Gasteiger partial charge in [0.15, 0.2) is 11.5 Å². The number of ether oxygens (including phenoxy) is 2. The van der Waals surface area contributed by atoms with Crippen LogP contribution < -0.4 is 9.47 Å². The van der Waals surface area contributed by atoms with Crippen LogP contribution in [-0.2, 0) is 11.3 Å². The first-order valence-corrected chi connectivity index (χ1v) is 7.82. The van der Waals surface area contributed by atoms with E-state index in [1.54, 1.807) is 6.07 Å². The molecule has 2 rings (SSSR count). The van der Waals surface area contributed by atoms with Crippen LogP contribution in [-0.4, -0.2) is 34.6 Å². The maximum atomic E-state index is 12.5. The maximum absolute atomic E-state index is 12.5.